The Balaban J connectivity index is 2.03. The van der Waals surface area contributed by atoms with Crippen LogP contribution in [0.1, 0.15) is 6.92 Å². The van der Waals surface area contributed by atoms with Gasteiger partial charge in [0.2, 0.25) is 5.91 Å². The van der Waals surface area contributed by atoms with Gasteiger partial charge in [0.25, 0.3) is 10.0 Å². The molecule has 0 bridgehead atoms. The molecule has 0 saturated carbocycles. The molecule has 1 amide bonds. The first-order valence-corrected chi connectivity index (χ1v) is 9.43. The fraction of sp³-hybridized carbons (Fsp3) is 0.118. The maximum absolute atomic E-state index is 12.8. The van der Waals surface area contributed by atoms with Crippen LogP contribution in [0.5, 0.6) is 5.75 Å². The van der Waals surface area contributed by atoms with Gasteiger partial charge in [-0.05, 0) is 36.4 Å². The lowest BCUT2D eigenvalue weighted by atomic mass is 10.2. The Morgan fingerprint density at radius 1 is 1.00 bits per heavy atom. The number of sulfonamides is 1. The van der Waals surface area contributed by atoms with Crippen LogP contribution >= 0.6 is 0 Å². The van der Waals surface area contributed by atoms with Crippen molar-refractivity contribution in [2.24, 2.45) is 0 Å². The summed E-state index contributed by atoms with van der Waals surface area (Å²) in [6.07, 6.45) is 0. The van der Waals surface area contributed by atoms with E-state index in [0.29, 0.717) is 5.69 Å². The molecule has 0 aliphatic heterocycles. The molecule has 10 nitrogen and oxygen atoms in total. The molecule has 0 fully saturated rings. The van der Waals surface area contributed by atoms with Crippen LogP contribution in [0.25, 0.3) is 11.0 Å². The summed E-state index contributed by atoms with van der Waals surface area (Å²) in [5, 5.41) is 2.55. The number of hydrogen-bond acceptors (Lipinski definition) is 6. The summed E-state index contributed by atoms with van der Waals surface area (Å²) in [6.45, 7) is 1.33. The van der Waals surface area contributed by atoms with Gasteiger partial charge < -0.3 is 20.0 Å². The van der Waals surface area contributed by atoms with Crippen LogP contribution in [0.2, 0.25) is 0 Å². The summed E-state index contributed by atoms with van der Waals surface area (Å²) in [7, 11) is -2.69. The molecule has 0 unspecified atom stereocenters. The number of H-pyrrole nitrogens is 2. The van der Waals surface area contributed by atoms with E-state index < -0.39 is 21.1 Å². The summed E-state index contributed by atoms with van der Waals surface area (Å²) >= 11 is 0. The molecule has 0 spiro atoms. The normalized spacial score (nSPS) is 11.2. The number of aromatic amines is 2. The van der Waals surface area contributed by atoms with Gasteiger partial charge in [-0.2, -0.15) is 0 Å². The average Bonchev–Trinajstić information content (AvgIpc) is 2.61. The number of anilines is 2. The third-order valence-corrected chi connectivity index (χ3v) is 5.13. The quantitative estimate of drug-likeness (QED) is 0.466. The molecule has 0 atom stereocenters. The molecule has 2 aromatic carbocycles. The van der Waals surface area contributed by atoms with Crippen molar-refractivity contribution >= 4 is 38.3 Å². The molecule has 0 aliphatic rings. The highest BCUT2D eigenvalue weighted by atomic mass is 32.2. The van der Waals surface area contributed by atoms with E-state index in [1.54, 1.807) is 6.07 Å². The van der Waals surface area contributed by atoms with Gasteiger partial charge in [-0.3, -0.25) is 19.1 Å². The van der Waals surface area contributed by atoms with Crippen LogP contribution in [-0.2, 0) is 14.8 Å². The molecular weight excluding hydrogens is 388 g/mol. The zero-order valence-corrected chi connectivity index (χ0v) is 15.6. The molecule has 146 valence electrons. The fourth-order valence-electron chi connectivity index (χ4n) is 2.53. The molecule has 1 heterocycles. The highest BCUT2D eigenvalue weighted by molar-refractivity contribution is 7.92. The standard InChI is InChI=1S/C17H16N4O6S/c1-9(22)18-10-3-6-15(27-2)14(7-10)21-28(25,26)11-4-5-12-13(8-11)20-17(24)16(23)19-12/h3-8,21H,1-2H3,(H,18,22)(H,19,23)(H,20,24). The third kappa shape index (κ3) is 3.88. The molecule has 4 N–H and O–H groups in total. The molecule has 28 heavy (non-hydrogen) atoms. The van der Waals surface area contributed by atoms with Gasteiger partial charge in [-0.15, -0.1) is 0 Å². The van der Waals surface area contributed by atoms with E-state index in [1.807, 2.05) is 0 Å². The van der Waals surface area contributed by atoms with Gasteiger partial charge in [0.1, 0.15) is 5.75 Å². The number of carbonyl (C=O) groups is 1. The van der Waals surface area contributed by atoms with Crippen LogP contribution in [0.4, 0.5) is 11.4 Å². The van der Waals surface area contributed by atoms with E-state index in [4.69, 9.17) is 4.74 Å². The van der Waals surface area contributed by atoms with Crippen molar-refractivity contribution in [2.75, 3.05) is 17.1 Å². The van der Waals surface area contributed by atoms with Crippen LogP contribution in [0.15, 0.2) is 50.9 Å². The number of hydrogen-bond donors (Lipinski definition) is 4. The van der Waals surface area contributed by atoms with Gasteiger partial charge >= 0.3 is 11.1 Å². The smallest absolute Gasteiger partial charge is 0.314 e. The average molecular weight is 404 g/mol. The number of ether oxygens (including phenoxy) is 1. The van der Waals surface area contributed by atoms with Crippen LogP contribution in [0.3, 0.4) is 0 Å². The Bertz CT molecular complexity index is 1290. The van der Waals surface area contributed by atoms with Crippen LogP contribution < -0.4 is 25.9 Å². The van der Waals surface area contributed by atoms with Gasteiger partial charge in [0, 0.05) is 12.6 Å². The van der Waals surface area contributed by atoms with E-state index in [2.05, 4.69) is 20.0 Å². The molecule has 1 aromatic heterocycles. The minimum atomic E-state index is -4.06. The Labute approximate surface area is 158 Å². The number of amides is 1. The van der Waals surface area contributed by atoms with E-state index in [9.17, 15) is 22.8 Å². The maximum atomic E-state index is 12.8. The van der Waals surface area contributed by atoms with Crippen molar-refractivity contribution in [3.63, 3.8) is 0 Å². The number of fused-ring (bicyclic) bond motifs is 1. The fourth-order valence-corrected chi connectivity index (χ4v) is 3.62. The molecule has 3 aromatic rings. The summed E-state index contributed by atoms with van der Waals surface area (Å²) in [6, 6.07) is 8.35. The zero-order chi connectivity index (χ0) is 20.5. The van der Waals surface area contributed by atoms with Gasteiger partial charge in [0.15, 0.2) is 0 Å². The Hall–Kier alpha value is -3.60. The summed E-state index contributed by atoms with van der Waals surface area (Å²) in [5.74, 6) is -0.0670. The van der Waals surface area contributed by atoms with Crippen molar-refractivity contribution in [3.05, 3.63) is 57.1 Å². The lowest BCUT2D eigenvalue weighted by Crippen LogP contribution is -2.29. The van der Waals surface area contributed by atoms with E-state index in [0.717, 1.165) is 0 Å². The second-order valence-corrected chi connectivity index (χ2v) is 7.50. The zero-order valence-electron chi connectivity index (χ0n) is 14.8. The topological polar surface area (TPSA) is 150 Å². The van der Waals surface area contributed by atoms with Crippen molar-refractivity contribution in [1.29, 1.82) is 0 Å². The van der Waals surface area contributed by atoms with E-state index in [1.165, 1.54) is 44.4 Å². The number of carbonyl (C=O) groups excluding carboxylic acids is 1. The second-order valence-electron chi connectivity index (χ2n) is 5.82. The van der Waals surface area contributed by atoms with Crippen molar-refractivity contribution in [1.82, 2.24) is 9.97 Å². The predicted molar refractivity (Wildman–Crippen MR) is 103 cm³/mol. The van der Waals surface area contributed by atoms with Crippen molar-refractivity contribution in [3.8, 4) is 5.75 Å². The summed E-state index contributed by atoms with van der Waals surface area (Å²) in [4.78, 5) is 38.6. The van der Waals surface area contributed by atoms with Gasteiger partial charge in [-0.25, -0.2) is 8.42 Å². The largest absolute Gasteiger partial charge is 0.495 e. The number of methoxy groups -OCH3 is 1. The maximum Gasteiger partial charge on any atom is 0.314 e. The first-order valence-electron chi connectivity index (χ1n) is 7.94. The predicted octanol–water partition coefficient (Wildman–Crippen LogP) is 0.984. The Morgan fingerprint density at radius 3 is 2.32 bits per heavy atom. The SMILES string of the molecule is COc1ccc(NC(C)=O)cc1NS(=O)(=O)c1ccc2[nH]c(=O)c(=O)[nH]c2c1. The molecule has 0 aliphatic carbocycles. The molecular formula is C17H16N4O6S. The Kier molecular flexibility index (Phi) is 4.92. The molecule has 3 rings (SSSR count). The minimum absolute atomic E-state index is 0.115. The Morgan fingerprint density at radius 2 is 1.68 bits per heavy atom. The highest BCUT2D eigenvalue weighted by Gasteiger charge is 2.18. The van der Waals surface area contributed by atoms with Crippen molar-refractivity contribution in [2.45, 2.75) is 11.8 Å². The second kappa shape index (κ2) is 7.19. The van der Waals surface area contributed by atoms with Gasteiger partial charge in [-0.1, -0.05) is 0 Å². The van der Waals surface area contributed by atoms with E-state index in [-0.39, 0.29) is 33.3 Å². The monoisotopic (exact) mass is 404 g/mol. The van der Waals surface area contributed by atoms with Crippen molar-refractivity contribution < 1.29 is 17.9 Å². The van der Waals surface area contributed by atoms with Gasteiger partial charge in [0.05, 0.1) is 28.7 Å². The first-order chi connectivity index (χ1) is 13.2. The number of rotatable bonds is 5. The number of aromatic nitrogens is 2. The number of benzene rings is 2. The molecule has 0 radical (unpaired) electrons. The third-order valence-electron chi connectivity index (χ3n) is 3.77. The first kappa shape index (κ1) is 19.2. The molecule has 0 saturated heterocycles. The minimum Gasteiger partial charge on any atom is -0.495 e. The lowest BCUT2D eigenvalue weighted by Gasteiger charge is -2.14. The number of nitrogens with one attached hydrogen (secondary N) is 4. The van der Waals surface area contributed by atoms with Crippen LogP contribution in [-0.4, -0.2) is 31.4 Å². The summed E-state index contributed by atoms with van der Waals surface area (Å²) in [5.41, 5.74) is -0.782. The van der Waals surface area contributed by atoms with Crippen LogP contribution in [0, 0.1) is 0 Å². The van der Waals surface area contributed by atoms with E-state index >= 15 is 0 Å². The molecule has 11 heteroatoms. The lowest BCUT2D eigenvalue weighted by molar-refractivity contribution is -0.114. The summed E-state index contributed by atoms with van der Waals surface area (Å²) < 4.78 is 33.1. The highest BCUT2D eigenvalue weighted by Crippen LogP contribution is 2.30.